The zero-order chi connectivity index (χ0) is 8.48. The molecule has 66 valence electrons. The molecule has 4 nitrogen and oxygen atoms in total. The van der Waals surface area contributed by atoms with Crippen molar-refractivity contribution in [2.75, 3.05) is 13.2 Å². The molecule has 11 heavy (non-hydrogen) atoms. The smallest absolute Gasteiger partial charge is 0.163 e. The molecule has 0 saturated carbocycles. The van der Waals surface area contributed by atoms with E-state index < -0.39 is 5.79 Å². The van der Waals surface area contributed by atoms with Crippen LogP contribution in [0.5, 0.6) is 0 Å². The highest BCUT2D eigenvalue weighted by atomic mass is 16.7. The summed E-state index contributed by atoms with van der Waals surface area (Å²) in [5, 5.41) is 8.70. The zero-order valence-electron chi connectivity index (χ0n) is 6.91. The molecule has 1 rings (SSSR count). The molecule has 0 amide bonds. The van der Waals surface area contributed by atoms with Gasteiger partial charge >= 0.3 is 0 Å². The van der Waals surface area contributed by atoms with Crippen molar-refractivity contribution in [3.05, 3.63) is 0 Å². The van der Waals surface area contributed by atoms with Gasteiger partial charge < -0.3 is 20.3 Å². The van der Waals surface area contributed by atoms with Gasteiger partial charge in [0.05, 0.1) is 19.3 Å². The molecule has 0 aromatic carbocycles. The fourth-order valence-electron chi connectivity index (χ4n) is 1.04. The molecular formula is C7H15NO3. The molecule has 0 radical (unpaired) electrons. The maximum absolute atomic E-state index is 8.70. The molecule has 1 aliphatic heterocycles. The first-order chi connectivity index (χ1) is 5.05. The first-order valence-corrected chi connectivity index (χ1v) is 3.73. The Morgan fingerprint density at radius 3 is 2.73 bits per heavy atom. The van der Waals surface area contributed by atoms with Crippen LogP contribution in [0.15, 0.2) is 0 Å². The van der Waals surface area contributed by atoms with Gasteiger partial charge in [-0.25, -0.2) is 0 Å². The van der Waals surface area contributed by atoms with Crippen LogP contribution in [0.1, 0.15) is 13.8 Å². The van der Waals surface area contributed by atoms with E-state index in [1.807, 2.05) is 13.8 Å². The van der Waals surface area contributed by atoms with Gasteiger partial charge in [0.25, 0.3) is 0 Å². The molecule has 0 spiro atoms. The maximum atomic E-state index is 8.70. The second-order valence-electron chi connectivity index (χ2n) is 3.21. The molecule has 4 heteroatoms. The molecule has 2 unspecified atom stereocenters. The second kappa shape index (κ2) is 3.06. The molecule has 2 atom stereocenters. The quantitative estimate of drug-likeness (QED) is 0.570. The average molecular weight is 161 g/mol. The number of nitrogens with two attached hydrogens (primary N) is 1. The number of hydrogen-bond donors (Lipinski definition) is 2. The average Bonchev–Trinajstić information content (AvgIpc) is 2.29. The van der Waals surface area contributed by atoms with Crippen molar-refractivity contribution in [3.8, 4) is 0 Å². The molecule has 0 bridgehead atoms. The number of rotatable bonds is 2. The minimum atomic E-state index is -0.544. The van der Waals surface area contributed by atoms with E-state index in [1.165, 1.54) is 0 Å². The van der Waals surface area contributed by atoms with Gasteiger partial charge in [0, 0.05) is 0 Å². The normalized spacial score (nSPS) is 32.2. The van der Waals surface area contributed by atoms with Crippen LogP contribution in [-0.4, -0.2) is 36.3 Å². The van der Waals surface area contributed by atoms with Crippen molar-refractivity contribution >= 4 is 0 Å². The van der Waals surface area contributed by atoms with Crippen molar-refractivity contribution in [1.82, 2.24) is 0 Å². The van der Waals surface area contributed by atoms with E-state index in [0.717, 1.165) is 0 Å². The van der Waals surface area contributed by atoms with Gasteiger partial charge in [0.1, 0.15) is 6.10 Å². The Balaban J connectivity index is 2.41. The SMILES string of the molecule is CC1(C)OCC(C(N)CO)O1. The van der Waals surface area contributed by atoms with Crippen molar-refractivity contribution in [1.29, 1.82) is 0 Å². The molecule has 1 fully saturated rings. The highest BCUT2D eigenvalue weighted by Crippen LogP contribution is 2.23. The maximum Gasteiger partial charge on any atom is 0.163 e. The van der Waals surface area contributed by atoms with Crippen molar-refractivity contribution < 1.29 is 14.6 Å². The Bertz CT molecular complexity index is 138. The Kier molecular flexibility index (Phi) is 2.49. The third kappa shape index (κ3) is 2.13. The summed E-state index contributed by atoms with van der Waals surface area (Å²) in [7, 11) is 0. The predicted octanol–water partition coefficient (Wildman–Crippen LogP) is -0.542. The molecule has 0 aromatic rings. The Labute approximate surface area is 66.3 Å². The standard InChI is InChI=1S/C7H15NO3/c1-7(2)10-4-6(11-7)5(8)3-9/h5-6,9H,3-4,8H2,1-2H3. The van der Waals surface area contributed by atoms with E-state index in [1.54, 1.807) is 0 Å². The number of aliphatic hydroxyl groups is 1. The van der Waals surface area contributed by atoms with Gasteiger partial charge in [0.15, 0.2) is 5.79 Å². The van der Waals surface area contributed by atoms with Crippen LogP contribution >= 0.6 is 0 Å². The Morgan fingerprint density at radius 2 is 2.36 bits per heavy atom. The summed E-state index contributed by atoms with van der Waals surface area (Å²) in [5.41, 5.74) is 5.54. The molecular weight excluding hydrogens is 146 g/mol. The summed E-state index contributed by atoms with van der Waals surface area (Å²) in [6, 6.07) is -0.336. The molecule has 1 heterocycles. The Hall–Kier alpha value is -0.160. The van der Waals surface area contributed by atoms with Crippen LogP contribution in [0.3, 0.4) is 0 Å². The predicted molar refractivity (Wildman–Crippen MR) is 40.0 cm³/mol. The fourth-order valence-corrected chi connectivity index (χ4v) is 1.04. The third-order valence-electron chi connectivity index (χ3n) is 1.72. The van der Waals surface area contributed by atoms with Gasteiger partial charge in [-0.15, -0.1) is 0 Å². The lowest BCUT2D eigenvalue weighted by Crippen LogP contribution is -2.40. The topological polar surface area (TPSA) is 64.7 Å². The van der Waals surface area contributed by atoms with Crippen molar-refractivity contribution in [2.24, 2.45) is 5.73 Å². The van der Waals surface area contributed by atoms with E-state index in [2.05, 4.69) is 0 Å². The highest BCUT2D eigenvalue weighted by molar-refractivity contribution is 4.79. The minimum Gasteiger partial charge on any atom is -0.395 e. The summed E-state index contributed by atoms with van der Waals surface area (Å²) in [4.78, 5) is 0. The van der Waals surface area contributed by atoms with Crippen LogP contribution in [0.25, 0.3) is 0 Å². The van der Waals surface area contributed by atoms with Gasteiger partial charge in [-0.1, -0.05) is 0 Å². The largest absolute Gasteiger partial charge is 0.395 e. The summed E-state index contributed by atoms with van der Waals surface area (Å²) in [6.07, 6.45) is -0.171. The summed E-state index contributed by atoms with van der Waals surface area (Å²) >= 11 is 0. The van der Waals surface area contributed by atoms with Gasteiger partial charge in [-0.05, 0) is 13.8 Å². The lowest BCUT2D eigenvalue weighted by atomic mass is 10.2. The van der Waals surface area contributed by atoms with E-state index >= 15 is 0 Å². The van der Waals surface area contributed by atoms with Crippen LogP contribution in [0.4, 0.5) is 0 Å². The zero-order valence-corrected chi connectivity index (χ0v) is 6.91. The lowest BCUT2D eigenvalue weighted by Gasteiger charge is -2.19. The molecule has 0 aliphatic carbocycles. The van der Waals surface area contributed by atoms with E-state index in [0.29, 0.717) is 6.61 Å². The van der Waals surface area contributed by atoms with Crippen molar-refractivity contribution in [3.63, 3.8) is 0 Å². The molecule has 1 saturated heterocycles. The Morgan fingerprint density at radius 1 is 1.73 bits per heavy atom. The monoisotopic (exact) mass is 161 g/mol. The first kappa shape index (κ1) is 8.93. The van der Waals surface area contributed by atoms with Crippen LogP contribution in [0, 0.1) is 0 Å². The van der Waals surface area contributed by atoms with E-state index in [9.17, 15) is 0 Å². The van der Waals surface area contributed by atoms with Gasteiger partial charge in [0.2, 0.25) is 0 Å². The summed E-state index contributed by atoms with van der Waals surface area (Å²) < 4.78 is 10.7. The lowest BCUT2D eigenvalue weighted by molar-refractivity contribution is -0.141. The number of ether oxygens (including phenoxy) is 2. The van der Waals surface area contributed by atoms with E-state index in [4.69, 9.17) is 20.3 Å². The molecule has 3 N–H and O–H groups in total. The molecule has 1 aliphatic rings. The third-order valence-corrected chi connectivity index (χ3v) is 1.72. The van der Waals surface area contributed by atoms with Crippen LogP contribution < -0.4 is 5.73 Å². The highest BCUT2D eigenvalue weighted by Gasteiger charge is 2.35. The molecule has 0 aromatic heterocycles. The van der Waals surface area contributed by atoms with Gasteiger partial charge in [-0.3, -0.25) is 0 Å². The number of hydrogen-bond acceptors (Lipinski definition) is 4. The summed E-state index contributed by atoms with van der Waals surface area (Å²) in [5.74, 6) is -0.544. The van der Waals surface area contributed by atoms with Crippen molar-refractivity contribution in [2.45, 2.75) is 31.8 Å². The second-order valence-corrected chi connectivity index (χ2v) is 3.21. The minimum absolute atomic E-state index is 0.0654. The fraction of sp³-hybridized carbons (Fsp3) is 1.00. The first-order valence-electron chi connectivity index (χ1n) is 3.73. The summed E-state index contributed by atoms with van der Waals surface area (Å²) in [6.45, 7) is 4.06. The number of aliphatic hydroxyl groups excluding tert-OH is 1. The van der Waals surface area contributed by atoms with Crippen LogP contribution in [-0.2, 0) is 9.47 Å². The van der Waals surface area contributed by atoms with Crippen LogP contribution in [0.2, 0.25) is 0 Å². The van der Waals surface area contributed by atoms with Gasteiger partial charge in [-0.2, -0.15) is 0 Å². The van der Waals surface area contributed by atoms with E-state index in [-0.39, 0.29) is 18.8 Å².